The molecular weight excluding hydrogens is 300 g/mol. The van der Waals surface area contributed by atoms with Crippen LogP contribution in [0.4, 0.5) is 8.78 Å². The first kappa shape index (κ1) is 15.5. The molecule has 1 atom stereocenters. The van der Waals surface area contributed by atoms with Crippen molar-refractivity contribution in [1.29, 1.82) is 0 Å². The Hall–Kier alpha value is -1.85. The smallest absolute Gasteiger partial charge is 0.142 e. The molecule has 0 radical (unpaired) electrons. The van der Waals surface area contributed by atoms with Crippen LogP contribution in [0.1, 0.15) is 17.2 Å². The molecule has 0 saturated heterocycles. The molecular formula is C15H14ClF2NO2. The summed E-state index contributed by atoms with van der Waals surface area (Å²) < 4.78 is 37.7. The van der Waals surface area contributed by atoms with Gasteiger partial charge < -0.3 is 15.2 Å². The molecule has 0 fully saturated rings. The summed E-state index contributed by atoms with van der Waals surface area (Å²) in [5, 5.41) is -0.285. The van der Waals surface area contributed by atoms with Crippen LogP contribution < -0.4 is 15.2 Å². The van der Waals surface area contributed by atoms with E-state index in [-0.39, 0.29) is 10.6 Å². The van der Waals surface area contributed by atoms with Crippen molar-refractivity contribution in [3.63, 3.8) is 0 Å². The maximum atomic E-state index is 13.9. The van der Waals surface area contributed by atoms with Gasteiger partial charge in [0.25, 0.3) is 0 Å². The largest absolute Gasteiger partial charge is 0.497 e. The maximum Gasteiger partial charge on any atom is 0.142 e. The molecule has 112 valence electrons. The molecule has 0 aliphatic carbocycles. The molecule has 0 amide bonds. The van der Waals surface area contributed by atoms with Crippen LogP contribution in [-0.4, -0.2) is 14.2 Å². The molecule has 1 unspecified atom stereocenters. The van der Waals surface area contributed by atoms with Gasteiger partial charge in [-0.25, -0.2) is 8.78 Å². The Labute approximate surface area is 126 Å². The zero-order chi connectivity index (χ0) is 15.6. The van der Waals surface area contributed by atoms with E-state index >= 15 is 0 Å². The van der Waals surface area contributed by atoms with E-state index in [1.165, 1.54) is 14.2 Å². The molecule has 0 aliphatic heterocycles. The fourth-order valence-corrected chi connectivity index (χ4v) is 2.12. The second kappa shape index (κ2) is 6.28. The van der Waals surface area contributed by atoms with Crippen LogP contribution in [0.2, 0.25) is 5.02 Å². The van der Waals surface area contributed by atoms with E-state index in [1.807, 2.05) is 0 Å². The molecule has 6 heteroatoms. The summed E-state index contributed by atoms with van der Waals surface area (Å²) in [6.07, 6.45) is 0. The highest BCUT2D eigenvalue weighted by molar-refractivity contribution is 6.30. The Morgan fingerprint density at radius 3 is 2.05 bits per heavy atom. The monoisotopic (exact) mass is 313 g/mol. The first-order valence-corrected chi connectivity index (χ1v) is 6.47. The van der Waals surface area contributed by atoms with Gasteiger partial charge in [0.15, 0.2) is 0 Å². The molecule has 2 rings (SSSR count). The van der Waals surface area contributed by atoms with Crippen LogP contribution >= 0.6 is 11.6 Å². The number of hydrogen-bond acceptors (Lipinski definition) is 3. The number of rotatable bonds is 4. The van der Waals surface area contributed by atoms with Crippen molar-refractivity contribution in [2.75, 3.05) is 14.2 Å². The molecule has 0 saturated carbocycles. The van der Waals surface area contributed by atoms with Crippen molar-refractivity contribution in [2.24, 2.45) is 5.73 Å². The predicted octanol–water partition coefficient (Wildman–Crippen LogP) is 3.68. The quantitative estimate of drug-likeness (QED) is 0.876. The third-order valence-electron chi connectivity index (χ3n) is 3.11. The Balaban J connectivity index is 2.49. The molecule has 0 heterocycles. The molecule has 2 aromatic rings. The first-order chi connectivity index (χ1) is 9.96. The van der Waals surface area contributed by atoms with Gasteiger partial charge in [0.1, 0.15) is 23.1 Å². The molecule has 2 N–H and O–H groups in total. The SMILES string of the molecule is COc1cc(OC)cc(C(N)c2cc(F)c(Cl)cc2F)c1. The van der Waals surface area contributed by atoms with Crippen LogP contribution in [0.15, 0.2) is 30.3 Å². The predicted molar refractivity (Wildman–Crippen MR) is 76.9 cm³/mol. The van der Waals surface area contributed by atoms with Gasteiger partial charge in [0.05, 0.1) is 25.3 Å². The van der Waals surface area contributed by atoms with Crippen molar-refractivity contribution in [2.45, 2.75) is 6.04 Å². The normalized spacial score (nSPS) is 12.1. The molecule has 2 aromatic carbocycles. The third-order valence-corrected chi connectivity index (χ3v) is 3.40. The van der Waals surface area contributed by atoms with Crippen LogP contribution in [0.25, 0.3) is 0 Å². The van der Waals surface area contributed by atoms with Gasteiger partial charge in [-0.15, -0.1) is 0 Å². The topological polar surface area (TPSA) is 44.5 Å². The van der Waals surface area contributed by atoms with E-state index in [0.29, 0.717) is 17.1 Å². The van der Waals surface area contributed by atoms with Crippen molar-refractivity contribution in [3.05, 3.63) is 58.1 Å². The molecule has 0 aliphatic rings. The second-order valence-corrected chi connectivity index (χ2v) is 4.82. The van der Waals surface area contributed by atoms with E-state index in [0.717, 1.165) is 12.1 Å². The summed E-state index contributed by atoms with van der Waals surface area (Å²) in [6, 6.07) is 5.96. The first-order valence-electron chi connectivity index (χ1n) is 6.09. The zero-order valence-electron chi connectivity index (χ0n) is 11.5. The van der Waals surface area contributed by atoms with Crippen molar-refractivity contribution < 1.29 is 18.3 Å². The highest BCUT2D eigenvalue weighted by atomic mass is 35.5. The third kappa shape index (κ3) is 3.25. The minimum Gasteiger partial charge on any atom is -0.497 e. The molecule has 0 spiro atoms. The van der Waals surface area contributed by atoms with Gasteiger partial charge in [-0.3, -0.25) is 0 Å². The summed E-state index contributed by atoms with van der Waals surface area (Å²) >= 11 is 5.54. The fraction of sp³-hybridized carbons (Fsp3) is 0.200. The molecule has 21 heavy (non-hydrogen) atoms. The van der Waals surface area contributed by atoms with Crippen LogP contribution in [0, 0.1) is 11.6 Å². The molecule has 0 aromatic heterocycles. The van der Waals surface area contributed by atoms with Gasteiger partial charge in [-0.05, 0) is 29.8 Å². The minimum atomic E-state index is -0.874. The summed E-state index contributed by atoms with van der Waals surface area (Å²) in [5.41, 5.74) is 6.56. The number of halogens is 3. The van der Waals surface area contributed by atoms with E-state index < -0.39 is 17.7 Å². The lowest BCUT2D eigenvalue weighted by molar-refractivity contribution is 0.393. The Bertz CT molecular complexity index is 642. The van der Waals surface area contributed by atoms with E-state index in [1.54, 1.807) is 18.2 Å². The molecule has 0 bridgehead atoms. The maximum absolute atomic E-state index is 13.9. The van der Waals surface area contributed by atoms with E-state index in [4.69, 9.17) is 26.8 Å². The average Bonchev–Trinajstić information content (AvgIpc) is 2.49. The number of benzene rings is 2. The summed E-state index contributed by atoms with van der Waals surface area (Å²) in [7, 11) is 2.99. The Kier molecular flexibility index (Phi) is 4.65. The van der Waals surface area contributed by atoms with Crippen LogP contribution in [0.5, 0.6) is 11.5 Å². The highest BCUT2D eigenvalue weighted by Gasteiger charge is 2.18. The summed E-state index contributed by atoms with van der Waals surface area (Å²) in [6.45, 7) is 0. The Morgan fingerprint density at radius 1 is 0.952 bits per heavy atom. The van der Waals surface area contributed by atoms with Gasteiger partial charge in [-0.2, -0.15) is 0 Å². The lowest BCUT2D eigenvalue weighted by Crippen LogP contribution is -2.14. The van der Waals surface area contributed by atoms with E-state index in [9.17, 15) is 8.78 Å². The highest BCUT2D eigenvalue weighted by Crippen LogP contribution is 2.31. The lowest BCUT2D eigenvalue weighted by atomic mass is 9.98. The van der Waals surface area contributed by atoms with Gasteiger partial charge in [-0.1, -0.05) is 11.6 Å². The van der Waals surface area contributed by atoms with Crippen LogP contribution in [-0.2, 0) is 0 Å². The fourth-order valence-electron chi connectivity index (χ4n) is 1.96. The van der Waals surface area contributed by atoms with Gasteiger partial charge in [0, 0.05) is 11.6 Å². The number of nitrogens with two attached hydrogens (primary N) is 1. The van der Waals surface area contributed by atoms with Gasteiger partial charge in [0.2, 0.25) is 0 Å². The van der Waals surface area contributed by atoms with Crippen molar-refractivity contribution >= 4 is 11.6 Å². The number of ether oxygens (including phenoxy) is 2. The van der Waals surface area contributed by atoms with Crippen LogP contribution in [0.3, 0.4) is 0 Å². The van der Waals surface area contributed by atoms with E-state index in [2.05, 4.69) is 0 Å². The molecule has 3 nitrogen and oxygen atoms in total. The number of methoxy groups -OCH3 is 2. The second-order valence-electron chi connectivity index (χ2n) is 4.41. The van der Waals surface area contributed by atoms with Crippen molar-refractivity contribution in [1.82, 2.24) is 0 Å². The van der Waals surface area contributed by atoms with Gasteiger partial charge >= 0.3 is 0 Å². The minimum absolute atomic E-state index is 0.00667. The summed E-state index contributed by atoms with van der Waals surface area (Å²) in [5.74, 6) is -0.377. The Morgan fingerprint density at radius 2 is 1.52 bits per heavy atom. The lowest BCUT2D eigenvalue weighted by Gasteiger charge is -2.16. The standard InChI is InChI=1S/C15H14ClF2NO2/c1-20-9-3-8(4-10(5-9)21-2)15(19)11-6-14(18)12(16)7-13(11)17/h3-7,15H,19H2,1-2H3. The zero-order valence-corrected chi connectivity index (χ0v) is 12.2. The average molecular weight is 314 g/mol. The number of hydrogen-bond donors (Lipinski definition) is 1. The summed E-state index contributed by atoms with van der Waals surface area (Å²) in [4.78, 5) is 0. The van der Waals surface area contributed by atoms with Crippen molar-refractivity contribution in [3.8, 4) is 11.5 Å².